The first-order valence-electron chi connectivity index (χ1n) is 14.7. The molecule has 1 aliphatic heterocycles. The molecule has 7 heteroatoms. The maximum absolute atomic E-state index is 11.9. The predicted octanol–water partition coefficient (Wildman–Crippen LogP) is 4.34. The quantitative estimate of drug-likeness (QED) is 0.744. The molecule has 0 unspecified atom stereocenters. The summed E-state index contributed by atoms with van der Waals surface area (Å²) in [6.07, 6.45) is 2.96. The van der Waals surface area contributed by atoms with Crippen molar-refractivity contribution < 1.29 is 19.9 Å². The van der Waals surface area contributed by atoms with Gasteiger partial charge in [-0.3, -0.25) is 4.90 Å². The molecule has 0 atom stereocenters. The zero-order chi connectivity index (χ0) is 29.9. The summed E-state index contributed by atoms with van der Waals surface area (Å²) in [6, 6.07) is -2.52. The fourth-order valence-corrected chi connectivity index (χ4v) is 3.54. The number of benzene rings is 1. The number of nitrogens with one attached hydrogen (secondary N) is 1. The molecule has 0 radical (unpaired) electrons. The lowest BCUT2D eigenvalue weighted by Gasteiger charge is -2.37. The SMILES string of the molecule is [2H]c1c([2H])c(Cl)c(Cl)c(N2C([2H])([2H])C([2H])([2H])N(CCC3CCC(NC(=O)N(C)C)CC3)C([2H])([2H])C2([2H])[2H])c1[2H]. The highest BCUT2D eigenvalue weighted by Gasteiger charge is 2.24. The molecule has 2 amide bonds. The van der Waals surface area contributed by atoms with Gasteiger partial charge in [-0.05, 0) is 56.7 Å². The van der Waals surface area contributed by atoms with Crippen LogP contribution in [0.15, 0.2) is 18.1 Å². The number of halogens is 2. The molecule has 1 N–H and O–H groups in total. The summed E-state index contributed by atoms with van der Waals surface area (Å²) in [5, 5.41) is 1.72. The van der Waals surface area contributed by atoms with E-state index in [1.165, 1.54) is 4.90 Å². The molecule has 0 bridgehead atoms. The minimum atomic E-state index is -3.28. The summed E-state index contributed by atoms with van der Waals surface area (Å²) >= 11 is 12.2. The van der Waals surface area contributed by atoms with Gasteiger partial charge in [-0.25, -0.2) is 4.79 Å². The van der Waals surface area contributed by atoms with Crippen molar-refractivity contribution in [1.82, 2.24) is 15.1 Å². The lowest BCUT2D eigenvalue weighted by molar-refractivity contribution is 0.194. The van der Waals surface area contributed by atoms with Crippen molar-refractivity contribution in [3.63, 3.8) is 0 Å². The van der Waals surface area contributed by atoms with E-state index in [9.17, 15) is 4.79 Å². The molecule has 1 saturated carbocycles. The molecule has 1 aromatic carbocycles. The third-order valence-electron chi connectivity index (χ3n) is 4.91. The number of hydrogen-bond acceptors (Lipinski definition) is 3. The van der Waals surface area contributed by atoms with Crippen molar-refractivity contribution in [3.05, 3.63) is 28.2 Å². The van der Waals surface area contributed by atoms with Gasteiger partial charge >= 0.3 is 6.03 Å². The number of carbonyl (C=O) groups is 1. The Kier molecular flexibility index (Phi) is 4.05. The van der Waals surface area contributed by atoms with E-state index in [2.05, 4.69) is 5.32 Å². The van der Waals surface area contributed by atoms with Crippen molar-refractivity contribution >= 4 is 34.9 Å². The summed E-state index contributed by atoms with van der Waals surface area (Å²) in [5.41, 5.74) is -0.803. The maximum Gasteiger partial charge on any atom is 0.317 e. The first-order chi connectivity index (χ1) is 17.7. The Hall–Kier alpha value is -1.17. The van der Waals surface area contributed by atoms with E-state index in [4.69, 9.17) is 38.3 Å². The average molecular weight is 438 g/mol. The zero-order valence-electron chi connectivity index (χ0n) is 26.9. The van der Waals surface area contributed by atoms with Crippen LogP contribution in [0.25, 0.3) is 0 Å². The summed E-state index contributed by atoms with van der Waals surface area (Å²) < 4.78 is 93.3. The summed E-state index contributed by atoms with van der Waals surface area (Å²) in [5.74, 6) is 0.0300. The van der Waals surface area contributed by atoms with E-state index < -0.39 is 59.8 Å². The van der Waals surface area contributed by atoms with Gasteiger partial charge in [0.25, 0.3) is 0 Å². The molecule has 2 fully saturated rings. The van der Waals surface area contributed by atoms with Gasteiger partial charge in [0, 0.05) is 51.6 Å². The summed E-state index contributed by atoms with van der Waals surface area (Å²) in [6.45, 7) is -13.1. The van der Waals surface area contributed by atoms with Gasteiger partial charge in [-0.1, -0.05) is 29.2 Å². The van der Waals surface area contributed by atoms with Gasteiger partial charge in [-0.15, -0.1) is 0 Å². The standard InChI is InChI=1S/C21H32Cl2N4O/c1-25(2)21(28)24-17-8-6-16(7-9-17)10-11-26-12-14-27(15-13-26)19-5-3-4-18(22)20(19)23/h3-5,16-17H,6-15H2,1-2H3,(H,24,28)/i3D,4D,5D,12D2,13D2,14D2,15D2. The van der Waals surface area contributed by atoms with Gasteiger partial charge in [0.15, 0.2) is 0 Å². The molecular formula is C21H32Cl2N4O. The first-order valence-corrected chi connectivity index (χ1v) is 9.97. The topological polar surface area (TPSA) is 38.8 Å². The zero-order valence-corrected chi connectivity index (χ0v) is 17.4. The highest BCUT2D eigenvalue weighted by molar-refractivity contribution is 6.43. The fraction of sp³-hybridized carbons (Fsp3) is 0.667. The minimum absolute atomic E-state index is 0.0199. The van der Waals surface area contributed by atoms with Crippen molar-refractivity contribution in [2.24, 2.45) is 5.92 Å². The molecule has 0 spiro atoms. The monoisotopic (exact) mass is 437 g/mol. The number of piperazine rings is 1. The van der Waals surface area contributed by atoms with Crippen LogP contribution in [0.2, 0.25) is 10.0 Å². The number of carbonyl (C=O) groups excluding carboxylic acids is 1. The maximum atomic E-state index is 11.9. The second-order valence-corrected chi connectivity index (χ2v) is 7.89. The third kappa shape index (κ3) is 5.68. The molecule has 1 heterocycles. The van der Waals surface area contributed by atoms with Gasteiger partial charge in [-0.2, -0.15) is 0 Å². The van der Waals surface area contributed by atoms with Gasteiger partial charge in [0.2, 0.25) is 0 Å². The Labute approximate surface area is 194 Å². The van der Waals surface area contributed by atoms with Gasteiger partial charge in [0.1, 0.15) is 0 Å². The van der Waals surface area contributed by atoms with E-state index in [0.717, 1.165) is 0 Å². The van der Waals surface area contributed by atoms with Crippen molar-refractivity contribution in [2.45, 2.75) is 38.1 Å². The molecule has 1 aliphatic carbocycles. The molecule has 2 aliphatic rings. The van der Waals surface area contributed by atoms with Crippen LogP contribution < -0.4 is 10.2 Å². The number of hydrogen-bond donors (Lipinski definition) is 1. The smallest absolute Gasteiger partial charge is 0.317 e. The van der Waals surface area contributed by atoms with Crippen LogP contribution in [0.3, 0.4) is 0 Å². The third-order valence-corrected chi connectivity index (χ3v) is 5.66. The summed E-state index contributed by atoms with van der Waals surface area (Å²) in [7, 11) is 3.28. The highest BCUT2D eigenvalue weighted by Crippen LogP contribution is 2.33. The Morgan fingerprint density at radius 3 is 2.54 bits per heavy atom. The Morgan fingerprint density at radius 2 is 1.89 bits per heavy atom. The van der Waals surface area contributed by atoms with Crippen molar-refractivity contribution in [2.75, 3.05) is 51.5 Å². The Balaban J connectivity index is 1.90. The molecule has 28 heavy (non-hydrogen) atoms. The molecular weight excluding hydrogens is 395 g/mol. The lowest BCUT2D eigenvalue weighted by Crippen LogP contribution is -2.47. The van der Waals surface area contributed by atoms with Gasteiger partial charge in [0.05, 0.1) is 25.3 Å². The predicted molar refractivity (Wildman–Crippen MR) is 118 cm³/mol. The molecule has 5 nitrogen and oxygen atoms in total. The molecule has 1 aromatic rings. The van der Waals surface area contributed by atoms with Crippen LogP contribution >= 0.6 is 23.2 Å². The van der Waals surface area contributed by atoms with Crippen molar-refractivity contribution in [1.29, 1.82) is 0 Å². The van der Waals surface area contributed by atoms with E-state index >= 15 is 0 Å². The van der Waals surface area contributed by atoms with E-state index in [1.54, 1.807) is 14.1 Å². The number of anilines is 1. The molecule has 3 rings (SSSR count). The van der Waals surface area contributed by atoms with E-state index in [-0.39, 0.29) is 35.9 Å². The number of rotatable bonds is 5. The van der Waals surface area contributed by atoms with Crippen LogP contribution in [0.4, 0.5) is 10.5 Å². The van der Waals surface area contributed by atoms with E-state index in [1.807, 2.05) is 0 Å². The normalized spacial score (nSPS) is 36.4. The Bertz CT molecular complexity index is 1060. The van der Waals surface area contributed by atoms with Crippen LogP contribution in [-0.2, 0) is 0 Å². The second kappa shape index (κ2) is 10.0. The van der Waals surface area contributed by atoms with Crippen molar-refractivity contribution in [3.8, 4) is 0 Å². The van der Waals surface area contributed by atoms with Crippen LogP contribution in [0, 0.1) is 5.92 Å². The van der Waals surface area contributed by atoms with Crippen LogP contribution in [0.5, 0.6) is 0 Å². The Morgan fingerprint density at radius 1 is 1.21 bits per heavy atom. The largest absolute Gasteiger partial charge is 0.368 e. The van der Waals surface area contributed by atoms with Crippen LogP contribution in [-0.4, -0.2) is 68.5 Å². The van der Waals surface area contributed by atoms with Gasteiger partial charge < -0.3 is 15.1 Å². The second-order valence-electron chi connectivity index (χ2n) is 7.14. The minimum Gasteiger partial charge on any atom is -0.368 e. The molecule has 156 valence electrons. The highest BCUT2D eigenvalue weighted by atomic mass is 35.5. The number of urea groups is 1. The fourth-order valence-electron chi connectivity index (χ4n) is 3.22. The molecule has 0 aromatic heterocycles. The summed E-state index contributed by atoms with van der Waals surface area (Å²) in [4.78, 5) is 14.0. The number of amides is 2. The average Bonchev–Trinajstić information content (AvgIpc) is 2.83. The molecule has 1 saturated heterocycles. The number of nitrogens with zero attached hydrogens (tertiary/aromatic N) is 3. The van der Waals surface area contributed by atoms with Crippen LogP contribution in [0.1, 0.15) is 47.2 Å². The first kappa shape index (κ1) is 11.3. The van der Waals surface area contributed by atoms with E-state index in [0.29, 0.717) is 30.6 Å². The lowest BCUT2D eigenvalue weighted by atomic mass is 9.84.